The summed E-state index contributed by atoms with van der Waals surface area (Å²) in [7, 11) is 0. The van der Waals surface area contributed by atoms with Gasteiger partial charge >= 0.3 is 0 Å². The molecule has 1 fully saturated rings. The number of pyridine rings is 1. The summed E-state index contributed by atoms with van der Waals surface area (Å²) in [6.07, 6.45) is 10.7. The SMILES string of the molecule is CCNCc1ccncc1N(CCC(C)C)C1CCCC1. The highest BCUT2D eigenvalue weighted by molar-refractivity contribution is 5.52. The van der Waals surface area contributed by atoms with Crippen molar-refractivity contribution in [1.82, 2.24) is 10.3 Å². The monoisotopic (exact) mass is 289 g/mol. The number of nitrogens with one attached hydrogen (secondary N) is 1. The number of nitrogens with zero attached hydrogens (tertiary/aromatic N) is 2. The van der Waals surface area contributed by atoms with E-state index < -0.39 is 0 Å². The van der Waals surface area contributed by atoms with Crippen LogP contribution in [0.3, 0.4) is 0 Å². The van der Waals surface area contributed by atoms with Gasteiger partial charge in [0.1, 0.15) is 0 Å². The standard InChI is InChI=1S/C18H31N3/c1-4-19-13-16-9-11-20-14-18(16)21(12-10-15(2)3)17-7-5-6-8-17/h9,11,14-15,17,19H,4-8,10,12-13H2,1-3H3. The third-order valence-electron chi connectivity index (χ3n) is 4.48. The number of rotatable bonds is 8. The first-order valence-corrected chi connectivity index (χ1v) is 8.62. The largest absolute Gasteiger partial charge is 0.367 e. The highest BCUT2D eigenvalue weighted by Gasteiger charge is 2.24. The van der Waals surface area contributed by atoms with Gasteiger partial charge in [-0.15, -0.1) is 0 Å². The maximum absolute atomic E-state index is 4.40. The minimum atomic E-state index is 0.716. The van der Waals surface area contributed by atoms with Crippen LogP contribution in [-0.4, -0.2) is 24.1 Å². The molecule has 0 amide bonds. The molecule has 1 saturated carbocycles. The van der Waals surface area contributed by atoms with E-state index in [1.165, 1.54) is 43.4 Å². The average molecular weight is 289 g/mol. The predicted molar refractivity (Wildman–Crippen MR) is 90.7 cm³/mol. The van der Waals surface area contributed by atoms with Crippen LogP contribution in [0.15, 0.2) is 18.5 Å². The molecule has 0 bridgehead atoms. The lowest BCUT2D eigenvalue weighted by Crippen LogP contribution is -2.36. The minimum Gasteiger partial charge on any atom is -0.367 e. The Kier molecular flexibility index (Phi) is 6.50. The van der Waals surface area contributed by atoms with Gasteiger partial charge in [0.2, 0.25) is 0 Å². The summed E-state index contributed by atoms with van der Waals surface area (Å²) < 4.78 is 0. The summed E-state index contributed by atoms with van der Waals surface area (Å²) in [5, 5.41) is 3.46. The van der Waals surface area contributed by atoms with Gasteiger partial charge in [0.05, 0.1) is 11.9 Å². The molecule has 0 atom stereocenters. The minimum absolute atomic E-state index is 0.716. The van der Waals surface area contributed by atoms with Gasteiger partial charge in [0.15, 0.2) is 0 Å². The van der Waals surface area contributed by atoms with Crippen molar-refractivity contribution in [2.75, 3.05) is 18.0 Å². The van der Waals surface area contributed by atoms with E-state index in [-0.39, 0.29) is 0 Å². The first-order valence-electron chi connectivity index (χ1n) is 8.62. The van der Waals surface area contributed by atoms with E-state index in [0.29, 0.717) is 6.04 Å². The molecule has 2 rings (SSSR count). The Balaban J connectivity index is 2.18. The Bertz CT molecular complexity index is 411. The number of anilines is 1. The summed E-state index contributed by atoms with van der Waals surface area (Å²) in [5.74, 6) is 0.753. The zero-order valence-corrected chi connectivity index (χ0v) is 13.9. The maximum Gasteiger partial charge on any atom is 0.0600 e. The van der Waals surface area contributed by atoms with E-state index in [9.17, 15) is 0 Å². The normalized spacial score (nSPS) is 15.8. The molecular formula is C18H31N3. The zero-order valence-electron chi connectivity index (χ0n) is 13.9. The van der Waals surface area contributed by atoms with Gasteiger partial charge < -0.3 is 10.2 Å². The topological polar surface area (TPSA) is 28.2 Å². The van der Waals surface area contributed by atoms with Crippen LogP contribution >= 0.6 is 0 Å². The molecule has 118 valence electrons. The molecule has 1 aliphatic carbocycles. The fourth-order valence-corrected chi connectivity index (χ4v) is 3.20. The molecule has 0 radical (unpaired) electrons. The van der Waals surface area contributed by atoms with E-state index in [2.05, 4.69) is 48.2 Å². The number of hydrogen-bond donors (Lipinski definition) is 1. The lowest BCUT2D eigenvalue weighted by molar-refractivity contribution is 0.526. The second-order valence-corrected chi connectivity index (χ2v) is 6.60. The fourth-order valence-electron chi connectivity index (χ4n) is 3.20. The van der Waals surface area contributed by atoms with Gasteiger partial charge in [-0.1, -0.05) is 33.6 Å². The van der Waals surface area contributed by atoms with Crippen molar-refractivity contribution in [3.63, 3.8) is 0 Å². The summed E-state index contributed by atoms with van der Waals surface area (Å²) >= 11 is 0. The fraction of sp³-hybridized carbons (Fsp3) is 0.722. The average Bonchev–Trinajstić information content (AvgIpc) is 3.00. The van der Waals surface area contributed by atoms with Crippen molar-refractivity contribution in [1.29, 1.82) is 0 Å². The summed E-state index contributed by atoms with van der Waals surface area (Å²) in [5.41, 5.74) is 2.74. The molecule has 0 aromatic carbocycles. The van der Waals surface area contributed by atoms with E-state index in [1.807, 2.05) is 6.20 Å². The molecule has 3 nitrogen and oxygen atoms in total. The van der Waals surface area contributed by atoms with Crippen molar-refractivity contribution < 1.29 is 0 Å². The van der Waals surface area contributed by atoms with Crippen LogP contribution < -0.4 is 10.2 Å². The second kappa shape index (κ2) is 8.38. The van der Waals surface area contributed by atoms with Crippen LogP contribution in [0.1, 0.15) is 58.4 Å². The van der Waals surface area contributed by atoms with E-state index in [1.54, 1.807) is 0 Å². The van der Waals surface area contributed by atoms with Crippen molar-refractivity contribution >= 4 is 5.69 Å². The highest BCUT2D eigenvalue weighted by Crippen LogP contribution is 2.30. The van der Waals surface area contributed by atoms with Crippen LogP contribution in [0.4, 0.5) is 5.69 Å². The van der Waals surface area contributed by atoms with Crippen LogP contribution in [0.5, 0.6) is 0 Å². The summed E-state index contributed by atoms with van der Waals surface area (Å²) in [6, 6.07) is 2.89. The van der Waals surface area contributed by atoms with Gasteiger partial charge in [-0.2, -0.15) is 0 Å². The van der Waals surface area contributed by atoms with Gasteiger partial charge in [0, 0.05) is 25.3 Å². The molecule has 0 unspecified atom stereocenters. The van der Waals surface area contributed by atoms with Gasteiger partial charge in [0.25, 0.3) is 0 Å². The maximum atomic E-state index is 4.40. The highest BCUT2D eigenvalue weighted by atomic mass is 15.2. The van der Waals surface area contributed by atoms with Gasteiger partial charge in [-0.05, 0) is 43.4 Å². The zero-order chi connectivity index (χ0) is 15.1. The third-order valence-corrected chi connectivity index (χ3v) is 4.48. The van der Waals surface area contributed by atoms with Crippen molar-refractivity contribution in [2.45, 2.75) is 65.5 Å². The van der Waals surface area contributed by atoms with Crippen molar-refractivity contribution in [3.05, 3.63) is 24.0 Å². The smallest absolute Gasteiger partial charge is 0.0600 e. The molecule has 21 heavy (non-hydrogen) atoms. The molecule has 0 spiro atoms. The van der Waals surface area contributed by atoms with Crippen LogP contribution in [0.2, 0.25) is 0 Å². The first kappa shape index (κ1) is 16.3. The van der Waals surface area contributed by atoms with Crippen LogP contribution in [0.25, 0.3) is 0 Å². The van der Waals surface area contributed by atoms with Crippen LogP contribution in [-0.2, 0) is 6.54 Å². The van der Waals surface area contributed by atoms with E-state index >= 15 is 0 Å². The van der Waals surface area contributed by atoms with Crippen molar-refractivity contribution in [2.24, 2.45) is 5.92 Å². The number of aromatic nitrogens is 1. The Morgan fingerprint density at radius 1 is 1.33 bits per heavy atom. The van der Waals surface area contributed by atoms with Crippen LogP contribution in [0, 0.1) is 5.92 Å². The summed E-state index contributed by atoms with van der Waals surface area (Å²) in [6.45, 7) is 9.91. The Hall–Kier alpha value is -1.09. The van der Waals surface area contributed by atoms with E-state index in [0.717, 1.165) is 25.6 Å². The Morgan fingerprint density at radius 3 is 2.76 bits per heavy atom. The summed E-state index contributed by atoms with van der Waals surface area (Å²) in [4.78, 5) is 7.05. The predicted octanol–water partition coefficient (Wildman–Crippen LogP) is 3.99. The molecule has 1 aromatic rings. The molecule has 1 heterocycles. The first-order chi connectivity index (χ1) is 10.2. The van der Waals surface area contributed by atoms with E-state index in [4.69, 9.17) is 0 Å². The lowest BCUT2D eigenvalue weighted by atomic mass is 10.1. The Labute approximate surface area is 130 Å². The quantitative estimate of drug-likeness (QED) is 0.784. The molecular weight excluding hydrogens is 258 g/mol. The molecule has 3 heteroatoms. The lowest BCUT2D eigenvalue weighted by Gasteiger charge is -2.33. The Morgan fingerprint density at radius 2 is 2.10 bits per heavy atom. The molecule has 0 saturated heterocycles. The van der Waals surface area contributed by atoms with Crippen molar-refractivity contribution in [3.8, 4) is 0 Å². The molecule has 1 aromatic heterocycles. The number of hydrogen-bond acceptors (Lipinski definition) is 3. The molecule has 1 N–H and O–H groups in total. The molecule has 0 aliphatic heterocycles. The second-order valence-electron chi connectivity index (χ2n) is 6.60. The molecule has 1 aliphatic rings. The van der Waals surface area contributed by atoms with Gasteiger partial charge in [-0.3, -0.25) is 4.98 Å². The van der Waals surface area contributed by atoms with Gasteiger partial charge in [-0.25, -0.2) is 0 Å². The third kappa shape index (κ3) is 4.70.